The third-order valence-corrected chi connectivity index (χ3v) is 4.97. The molecule has 0 atom stereocenters. The minimum absolute atomic E-state index is 0.342. The van der Waals surface area contributed by atoms with E-state index in [9.17, 15) is 4.79 Å². The Morgan fingerprint density at radius 3 is 2.33 bits per heavy atom. The summed E-state index contributed by atoms with van der Waals surface area (Å²) in [5.41, 5.74) is 0.568. The molecule has 94 valence electrons. The highest BCUT2D eigenvalue weighted by atomic mass is 79.9. The summed E-state index contributed by atoms with van der Waals surface area (Å²) in [5, 5.41) is 0. The van der Waals surface area contributed by atoms with E-state index in [2.05, 4.69) is 15.9 Å². The lowest BCUT2D eigenvalue weighted by Crippen LogP contribution is -2.01. The second-order valence-corrected chi connectivity index (χ2v) is 6.03. The van der Waals surface area contributed by atoms with Crippen molar-refractivity contribution in [1.29, 1.82) is 0 Å². The molecular weight excluding hydrogens is 332 g/mol. The maximum Gasteiger partial charge on any atom is 0.351 e. The fourth-order valence-corrected chi connectivity index (χ4v) is 3.08. The Kier molecular flexibility index (Phi) is 4.59. The Hall–Kier alpha value is -0.650. The predicted molar refractivity (Wildman–Crippen MR) is 81.7 cm³/mol. The minimum atomic E-state index is -0.342. The zero-order valence-corrected chi connectivity index (χ0v) is 13.1. The van der Waals surface area contributed by atoms with Crippen LogP contribution in [-0.2, 0) is 0 Å². The van der Waals surface area contributed by atoms with Crippen LogP contribution in [0.25, 0.3) is 11.3 Å². The van der Waals surface area contributed by atoms with Crippen LogP contribution in [0.5, 0.6) is 0 Å². The number of rotatable bonds is 3. The lowest BCUT2D eigenvalue weighted by atomic mass is 10.1. The molecule has 18 heavy (non-hydrogen) atoms. The first-order valence-corrected chi connectivity index (χ1v) is 8.42. The zero-order chi connectivity index (χ0) is 13.1. The quantitative estimate of drug-likeness (QED) is 0.767. The van der Waals surface area contributed by atoms with Crippen molar-refractivity contribution < 1.29 is 4.42 Å². The molecule has 0 bridgehead atoms. The highest BCUT2D eigenvalue weighted by molar-refractivity contribution is 9.10. The number of hydrogen-bond acceptors (Lipinski definition) is 4. The summed E-state index contributed by atoms with van der Waals surface area (Å²) in [6, 6.07) is 9.83. The lowest BCUT2D eigenvalue weighted by molar-refractivity contribution is 0.516. The van der Waals surface area contributed by atoms with Crippen LogP contribution in [0.1, 0.15) is 0 Å². The van der Waals surface area contributed by atoms with Gasteiger partial charge < -0.3 is 4.42 Å². The number of hydrogen-bond donors (Lipinski definition) is 0. The summed E-state index contributed by atoms with van der Waals surface area (Å²) in [6.07, 6.45) is 3.96. The molecule has 0 unspecified atom stereocenters. The highest BCUT2D eigenvalue weighted by Crippen LogP contribution is 2.29. The van der Waals surface area contributed by atoms with Crippen LogP contribution in [0.15, 0.2) is 53.8 Å². The largest absolute Gasteiger partial charge is 0.422 e. The van der Waals surface area contributed by atoms with Gasteiger partial charge in [0.25, 0.3) is 0 Å². The summed E-state index contributed by atoms with van der Waals surface area (Å²) in [7, 11) is 0. The van der Waals surface area contributed by atoms with Crippen molar-refractivity contribution in [2.45, 2.75) is 9.79 Å². The van der Waals surface area contributed by atoms with Crippen LogP contribution in [0.4, 0.5) is 0 Å². The molecule has 0 saturated heterocycles. The van der Waals surface area contributed by atoms with Crippen molar-refractivity contribution >= 4 is 39.5 Å². The minimum Gasteiger partial charge on any atom is -0.422 e. The molecule has 0 N–H and O–H groups in total. The molecule has 2 rings (SSSR count). The molecule has 2 nitrogen and oxygen atoms in total. The Morgan fingerprint density at radius 1 is 1.11 bits per heavy atom. The molecule has 0 aliphatic heterocycles. The molecule has 1 aromatic heterocycles. The standard InChI is InChI=1S/C13H11BrO2S2/c1-17-9-5-3-8(4-6-9)10-7-11(18-2)12(14)13(15)16-10/h3-7H,1-2H3. The van der Waals surface area contributed by atoms with Crippen LogP contribution < -0.4 is 5.63 Å². The van der Waals surface area contributed by atoms with Gasteiger partial charge in [0.15, 0.2) is 0 Å². The van der Waals surface area contributed by atoms with Crippen LogP contribution >= 0.6 is 39.5 Å². The van der Waals surface area contributed by atoms with E-state index in [1.807, 2.05) is 42.8 Å². The van der Waals surface area contributed by atoms with Gasteiger partial charge in [-0.05, 0) is 46.6 Å². The Bertz CT molecular complexity index is 605. The van der Waals surface area contributed by atoms with Crippen LogP contribution in [0.2, 0.25) is 0 Å². The molecule has 0 aliphatic rings. The smallest absolute Gasteiger partial charge is 0.351 e. The van der Waals surface area contributed by atoms with Crippen molar-refractivity contribution in [2.24, 2.45) is 0 Å². The number of halogens is 1. The first kappa shape index (κ1) is 13.8. The molecule has 0 fully saturated rings. The van der Waals surface area contributed by atoms with Gasteiger partial charge in [-0.15, -0.1) is 23.5 Å². The summed E-state index contributed by atoms with van der Waals surface area (Å²) < 4.78 is 5.77. The molecule has 1 heterocycles. The SMILES string of the molecule is CSc1ccc(-c2cc(SC)c(Br)c(=O)o2)cc1. The molecular formula is C13H11BrO2S2. The van der Waals surface area contributed by atoms with Gasteiger partial charge in [-0.1, -0.05) is 12.1 Å². The average molecular weight is 343 g/mol. The summed E-state index contributed by atoms with van der Waals surface area (Å²) >= 11 is 6.44. The third-order valence-electron chi connectivity index (χ3n) is 2.45. The van der Waals surface area contributed by atoms with Gasteiger partial charge in [-0.25, -0.2) is 4.79 Å². The fraction of sp³-hybridized carbons (Fsp3) is 0.154. The van der Waals surface area contributed by atoms with Crippen molar-refractivity contribution in [2.75, 3.05) is 12.5 Å². The number of thioether (sulfide) groups is 2. The van der Waals surface area contributed by atoms with Gasteiger partial charge in [0.1, 0.15) is 10.2 Å². The predicted octanol–water partition coefficient (Wildman–Crippen LogP) is 4.51. The normalized spacial score (nSPS) is 10.6. The van der Waals surface area contributed by atoms with E-state index in [1.54, 1.807) is 11.8 Å². The Morgan fingerprint density at radius 2 is 1.78 bits per heavy atom. The van der Waals surface area contributed by atoms with Crippen LogP contribution in [0.3, 0.4) is 0 Å². The average Bonchev–Trinajstić information content (AvgIpc) is 2.42. The van der Waals surface area contributed by atoms with Crippen molar-refractivity contribution in [3.05, 3.63) is 45.2 Å². The molecule has 0 spiro atoms. The highest BCUT2D eigenvalue weighted by Gasteiger charge is 2.10. The molecule has 0 radical (unpaired) electrons. The van der Waals surface area contributed by atoms with E-state index in [1.165, 1.54) is 16.7 Å². The zero-order valence-electron chi connectivity index (χ0n) is 9.90. The Balaban J connectivity index is 2.50. The first-order chi connectivity index (χ1) is 8.65. The van der Waals surface area contributed by atoms with Gasteiger partial charge in [0.2, 0.25) is 0 Å². The monoisotopic (exact) mass is 342 g/mol. The van der Waals surface area contributed by atoms with E-state index >= 15 is 0 Å². The fourth-order valence-electron chi connectivity index (χ4n) is 1.50. The summed E-state index contributed by atoms with van der Waals surface area (Å²) in [6.45, 7) is 0. The van der Waals surface area contributed by atoms with Crippen LogP contribution in [-0.4, -0.2) is 12.5 Å². The van der Waals surface area contributed by atoms with E-state index in [4.69, 9.17) is 4.42 Å². The van der Waals surface area contributed by atoms with E-state index in [0.717, 1.165) is 10.5 Å². The van der Waals surface area contributed by atoms with Gasteiger partial charge >= 0.3 is 5.63 Å². The second-order valence-electron chi connectivity index (χ2n) is 3.51. The molecule has 5 heteroatoms. The summed E-state index contributed by atoms with van der Waals surface area (Å²) in [4.78, 5) is 13.8. The maximum atomic E-state index is 11.7. The molecule has 0 aliphatic carbocycles. The molecule has 0 amide bonds. The van der Waals surface area contributed by atoms with Crippen molar-refractivity contribution in [3.8, 4) is 11.3 Å². The molecule has 1 aromatic carbocycles. The van der Waals surface area contributed by atoms with E-state index in [0.29, 0.717) is 10.2 Å². The van der Waals surface area contributed by atoms with E-state index < -0.39 is 0 Å². The van der Waals surface area contributed by atoms with Gasteiger partial charge in [0.05, 0.1) is 0 Å². The first-order valence-electron chi connectivity index (χ1n) is 5.17. The lowest BCUT2D eigenvalue weighted by Gasteiger charge is -2.05. The number of benzene rings is 1. The topological polar surface area (TPSA) is 30.2 Å². The van der Waals surface area contributed by atoms with Gasteiger partial charge in [0, 0.05) is 15.4 Å². The van der Waals surface area contributed by atoms with Gasteiger partial charge in [-0.2, -0.15) is 0 Å². The van der Waals surface area contributed by atoms with Gasteiger partial charge in [-0.3, -0.25) is 0 Å². The van der Waals surface area contributed by atoms with E-state index in [-0.39, 0.29) is 5.63 Å². The van der Waals surface area contributed by atoms with Crippen LogP contribution in [0, 0.1) is 0 Å². The summed E-state index contributed by atoms with van der Waals surface area (Å²) in [5.74, 6) is 0.597. The molecule has 0 saturated carbocycles. The Labute approximate surface area is 122 Å². The maximum absolute atomic E-state index is 11.7. The van der Waals surface area contributed by atoms with Crippen molar-refractivity contribution in [1.82, 2.24) is 0 Å². The van der Waals surface area contributed by atoms with Crippen molar-refractivity contribution in [3.63, 3.8) is 0 Å². The second kappa shape index (κ2) is 5.99. The third kappa shape index (κ3) is 2.84. The molecule has 2 aromatic rings.